The van der Waals surface area contributed by atoms with Gasteiger partial charge in [-0.3, -0.25) is 9.59 Å². The molecule has 1 fully saturated rings. The van der Waals surface area contributed by atoms with Crippen LogP contribution in [0.2, 0.25) is 0 Å². The van der Waals surface area contributed by atoms with Crippen molar-refractivity contribution in [2.75, 3.05) is 13.2 Å². The van der Waals surface area contributed by atoms with Crippen molar-refractivity contribution in [2.24, 2.45) is 5.73 Å². The van der Waals surface area contributed by atoms with Crippen molar-refractivity contribution < 1.29 is 54.9 Å². The highest BCUT2D eigenvalue weighted by Gasteiger charge is 2.57. The van der Waals surface area contributed by atoms with Crippen LogP contribution in [0.1, 0.15) is 47.1 Å². The smallest absolute Gasteiger partial charge is 0.433 e. The number of primary amides is 1. The molecule has 5 rings (SSSR count). The number of aromatic nitrogens is 2. The van der Waals surface area contributed by atoms with Crippen LogP contribution < -0.4 is 20.5 Å². The molecule has 0 spiro atoms. The Morgan fingerprint density at radius 1 is 0.960 bits per heavy atom. The number of hydrogen-bond donors (Lipinski definition) is 3. The molecule has 0 bridgehead atoms. The minimum Gasteiger partial charge on any atom is -0.491 e. The Balaban J connectivity index is 1.51. The fourth-order valence-electron chi connectivity index (χ4n) is 4.95. The zero-order valence-electron chi connectivity index (χ0n) is 26.2. The summed E-state index contributed by atoms with van der Waals surface area (Å²) in [5, 5.41) is 13.3. The van der Waals surface area contributed by atoms with E-state index in [1.54, 1.807) is 6.92 Å². The molecule has 1 saturated carbocycles. The molecule has 1 atom stereocenters. The summed E-state index contributed by atoms with van der Waals surface area (Å²) in [5.41, 5.74) is -1.22. The first-order valence-electron chi connectivity index (χ1n) is 15.1. The maximum atomic E-state index is 14.7. The highest BCUT2D eigenvalue weighted by atomic mass is 19.4. The quantitative estimate of drug-likeness (QED) is 0.151. The number of carbonyl (C=O) groups excluding carboxylic acids is 2. The lowest BCUT2D eigenvalue weighted by atomic mass is 9.93. The summed E-state index contributed by atoms with van der Waals surface area (Å²) >= 11 is 0. The molecular formula is C34H29F7N4O5. The van der Waals surface area contributed by atoms with E-state index in [9.17, 15) is 45.4 Å². The number of rotatable bonds is 12. The third kappa shape index (κ3) is 7.96. The van der Waals surface area contributed by atoms with Crippen LogP contribution in [-0.4, -0.2) is 52.3 Å². The number of nitrogens with two attached hydrogens (primary N) is 1. The lowest BCUT2D eigenvalue weighted by Crippen LogP contribution is -2.51. The van der Waals surface area contributed by atoms with Crippen LogP contribution in [0.5, 0.6) is 11.5 Å². The van der Waals surface area contributed by atoms with Gasteiger partial charge in [0, 0.05) is 22.3 Å². The lowest BCUT2D eigenvalue weighted by Gasteiger charge is -2.31. The Bertz CT molecular complexity index is 1900. The van der Waals surface area contributed by atoms with Crippen LogP contribution in [0.25, 0.3) is 22.5 Å². The van der Waals surface area contributed by atoms with E-state index >= 15 is 0 Å². The maximum absolute atomic E-state index is 14.7. The van der Waals surface area contributed by atoms with Crippen LogP contribution in [0.3, 0.4) is 0 Å². The summed E-state index contributed by atoms with van der Waals surface area (Å²) in [6, 6.07) is 12.1. The zero-order chi connectivity index (χ0) is 36.4. The van der Waals surface area contributed by atoms with E-state index < -0.39 is 59.9 Å². The highest BCUT2D eigenvalue weighted by Crippen LogP contribution is 2.42. The molecule has 2 heterocycles. The summed E-state index contributed by atoms with van der Waals surface area (Å²) in [6.45, 7) is 0.0995. The van der Waals surface area contributed by atoms with E-state index in [0.717, 1.165) is 42.5 Å². The van der Waals surface area contributed by atoms with Gasteiger partial charge in [0.25, 0.3) is 5.91 Å². The van der Waals surface area contributed by atoms with Crippen molar-refractivity contribution in [3.63, 3.8) is 0 Å². The molecule has 4 aromatic rings. The molecule has 0 saturated heterocycles. The third-order valence-corrected chi connectivity index (χ3v) is 7.60. The van der Waals surface area contributed by atoms with Gasteiger partial charge in [-0.2, -0.15) is 26.3 Å². The van der Waals surface area contributed by atoms with Gasteiger partial charge in [-0.1, -0.05) is 6.07 Å². The average Bonchev–Trinajstić information content (AvgIpc) is 3.87. The van der Waals surface area contributed by atoms with Gasteiger partial charge in [0.2, 0.25) is 11.5 Å². The third-order valence-electron chi connectivity index (χ3n) is 7.60. The van der Waals surface area contributed by atoms with Crippen molar-refractivity contribution in [1.29, 1.82) is 0 Å². The molecule has 0 aliphatic heterocycles. The van der Waals surface area contributed by atoms with Gasteiger partial charge in [-0.15, -0.1) is 0 Å². The summed E-state index contributed by atoms with van der Waals surface area (Å²) in [7, 11) is 0. The number of hydrogen-bond acceptors (Lipinski definition) is 7. The number of halogens is 7. The molecule has 9 nitrogen and oxygen atoms in total. The number of aliphatic hydroxyl groups is 1. The molecule has 0 radical (unpaired) electrons. The molecule has 2 amide bonds. The number of amides is 2. The second kappa shape index (κ2) is 13.9. The van der Waals surface area contributed by atoms with Gasteiger partial charge in [0.05, 0.1) is 37.1 Å². The summed E-state index contributed by atoms with van der Waals surface area (Å²) in [5.74, 6) is -2.83. The summed E-state index contributed by atoms with van der Waals surface area (Å²) < 4.78 is 109. The number of nitrogens with one attached hydrogen (secondary N) is 1. The molecule has 4 N–H and O–H groups in total. The number of benzene rings is 2. The van der Waals surface area contributed by atoms with E-state index in [2.05, 4.69) is 15.3 Å². The van der Waals surface area contributed by atoms with E-state index in [0.29, 0.717) is 12.8 Å². The van der Waals surface area contributed by atoms with Crippen molar-refractivity contribution in [3.8, 4) is 34.0 Å². The normalized spacial score (nSPS) is 14.5. The van der Waals surface area contributed by atoms with Gasteiger partial charge < -0.3 is 25.6 Å². The first-order chi connectivity index (χ1) is 23.5. The summed E-state index contributed by atoms with van der Waals surface area (Å²) in [6.07, 6.45) is -9.82. The Kier molecular flexibility index (Phi) is 10.0. The van der Waals surface area contributed by atoms with Crippen LogP contribution in [0.15, 0.2) is 66.7 Å². The molecular weight excluding hydrogens is 677 g/mol. The topological polar surface area (TPSA) is 137 Å². The number of alkyl halides is 6. The minimum absolute atomic E-state index is 0.00432. The molecule has 2 aromatic carbocycles. The summed E-state index contributed by atoms with van der Waals surface area (Å²) in [4.78, 5) is 32.9. The number of nitrogens with zero attached hydrogens (tertiary/aromatic N) is 2. The SMILES string of the molecule is CCOc1c(CC(N)=O)cc([C@@](O)(CNC(=O)c2ccc(-c3cccc(C(F)(F)F)n3)c(OC3CC3)c2)C(F)(F)F)nc1-c1ccc(F)cc1. The Labute approximate surface area is 280 Å². The molecule has 2 aromatic heterocycles. The fraction of sp³-hybridized carbons (Fsp3) is 0.294. The molecule has 50 heavy (non-hydrogen) atoms. The molecule has 0 unspecified atom stereocenters. The number of ether oxygens (including phenoxy) is 2. The van der Waals surface area contributed by atoms with Crippen LogP contribution in [0, 0.1) is 5.82 Å². The predicted octanol–water partition coefficient (Wildman–Crippen LogP) is 6.12. The Morgan fingerprint density at radius 3 is 2.26 bits per heavy atom. The molecule has 1 aliphatic carbocycles. The van der Waals surface area contributed by atoms with Gasteiger partial charge in [-0.05, 0) is 80.4 Å². The second-order valence-corrected chi connectivity index (χ2v) is 11.4. The van der Waals surface area contributed by atoms with Crippen molar-refractivity contribution in [2.45, 2.75) is 50.2 Å². The molecule has 16 heteroatoms. The highest BCUT2D eigenvalue weighted by molar-refractivity contribution is 5.95. The van der Waals surface area contributed by atoms with Crippen molar-refractivity contribution in [3.05, 3.63) is 95.1 Å². The first kappa shape index (κ1) is 36.0. The largest absolute Gasteiger partial charge is 0.491 e. The van der Waals surface area contributed by atoms with Gasteiger partial charge in [-0.25, -0.2) is 14.4 Å². The van der Waals surface area contributed by atoms with Crippen molar-refractivity contribution in [1.82, 2.24) is 15.3 Å². The minimum atomic E-state index is -5.45. The standard InChI is InChI=1S/C34H29F7N4O5/c1-2-49-30-20(16-28(42)46)15-27(45-29(30)18-6-9-21(35)10-7-18)32(48,34(39,40)41)17-43-31(47)19-8-13-23(25(14-19)50-22-11-12-22)24-4-3-5-26(44-24)33(36,37)38/h3-10,13-15,22,48H,2,11-12,16-17H2,1H3,(H2,42,46)(H,43,47)/t32-/m0/s1. The van der Waals surface area contributed by atoms with E-state index in [4.69, 9.17) is 15.2 Å². The number of carbonyl (C=O) groups is 2. The fourth-order valence-corrected chi connectivity index (χ4v) is 4.95. The molecule has 264 valence electrons. The van der Waals surface area contributed by atoms with Crippen LogP contribution >= 0.6 is 0 Å². The van der Waals surface area contributed by atoms with Crippen LogP contribution in [-0.2, 0) is 23.0 Å². The van der Waals surface area contributed by atoms with E-state index in [-0.39, 0.29) is 57.9 Å². The first-order valence-corrected chi connectivity index (χ1v) is 15.1. The zero-order valence-corrected chi connectivity index (χ0v) is 26.2. The van der Waals surface area contributed by atoms with E-state index in [1.165, 1.54) is 24.3 Å². The Morgan fingerprint density at radius 2 is 1.66 bits per heavy atom. The van der Waals surface area contributed by atoms with Crippen LogP contribution in [0.4, 0.5) is 30.7 Å². The van der Waals surface area contributed by atoms with Gasteiger partial charge in [0.1, 0.15) is 28.7 Å². The monoisotopic (exact) mass is 706 g/mol. The maximum Gasteiger partial charge on any atom is 0.433 e. The lowest BCUT2D eigenvalue weighted by molar-refractivity contribution is -0.265. The second-order valence-electron chi connectivity index (χ2n) is 11.4. The average molecular weight is 707 g/mol. The Hall–Kier alpha value is -5.25. The predicted molar refractivity (Wildman–Crippen MR) is 164 cm³/mol. The van der Waals surface area contributed by atoms with Crippen molar-refractivity contribution >= 4 is 11.8 Å². The number of pyridine rings is 2. The van der Waals surface area contributed by atoms with E-state index in [1.807, 2.05) is 0 Å². The van der Waals surface area contributed by atoms with Gasteiger partial charge in [0.15, 0.2) is 0 Å². The van der Waals surface area contributed by atoms with Gasteiger partial charge >= 0.3 is 12.4 Å². The molecule has 1 aliphatic rings.